The van der Waals surface area contributed by atoms with Gasteiger partial charge in [-0.2, -0.15) is 4.98 Å². The smallest absolute Gasteiger partial charge is 0.238 e. The number of carbonyl (C=O) groups is 2. The van der Waals surface area contributed by atoms with E-state index in [0.717, 1.165) is 11.3 Å². The summed E-state index contributed by atoms with van der Waals surface area (Å²) in [5.41, 5.74) is 1.41. The number of halogens is 1. The topological polar surface area (TPSA) is 155 Å². The number of amides is 2. The molecule has 3 aromatic rings. The van der Waals surface area contributed by atoms with Gasteiger partial charge in [0.2, 0.25) is 17.8 Å². The minimum Gasteiger partial charge on any atom is -0.494 e. The maximum absolute atomic E-state index is 12.7. The van der Waals surface area contributed by atoms with Crippen LogP contribution in [0.5, 0.6) is 5.75 Å². The average Bonchev–Trinajstić information content (AvgIpc) is 3.36. The van der Waals surface area contributed by atoms with E-state index in [1.165, 1.54) is 13.3 Å². The van der Waals surface area contributed by atoms with Gasteiger partial charge in [-0.3, -0.25) is 14.5 Å². The number of hydrogen-bond donors (Lipinski definition) is 4. The second-order valence-electron chi connectivity index (χ2n) is 8.88. The number of anilines is 5. The number of aromatic nitrogens is 2. The number of sulfone groups is 1. The second kappa shape index (κ2) is 12.2. The number of rotatable bonds is 10. The Hall–Kier alpha value is -3.46. The van der Waals surface area contributed by atoms with E-state index in [4.69, 9.17) is 16.3 Å². The molecule has 0 unspecified atom stereocenters. The number of carbonyl (C=O) groups excluding carboxylic acids is 2. The monoisotopic (exact) mass is 593 g/mol. The van der Waals surface area contributed by atoms with E-state index in [2.05, 4.69) is 31.2 Å². The zero-order valence-corrected chi connectivity index (χ0v) is 23.8. The lowest BCUT2D eigenvalue weighted by Gasteiger charge is -2.25. The molecule has 1 aliphatic rings. The largest absolute Gasteiger partial charge is 0.494 e. The van der Waals surface area contributed by atoms with E-state index in [-0.39, 0.29) is 45.9 Å². The minimum absolute atomic E-state index is 0.0917. The van der Waals surface area contributed by atoms with E-state index in [1.807, 2.05) is 0 Å². The van der Waals surface area contributed by atoms with Crippen LogP contribution < -0.4 is 26.0 Å². The third-order valence-electron chi connectivity index (χ3n) is 5.72. The van der Waals surface area contributed by atoms with Gasteiger partial charge in [0, 0.05) is 24.8 Å². The third kappa shape index (κ3) is 6.95. The van der Waals surface area contributed by atoms with Crippen molar-refractivity contribution < 1.29 is 22.7 Å². The number of nitrogens with one attached hydrogen (secondary N) is 4. The fourth-order valence-corrected chi connectivity index (χ4v) is 6.53. The molecule has 39 heavy (non-hydrogen) atoms. The summed E-state index contributed by atoms with van der Waals surface area (Å²) in [5, 5.41) is 12.9. The quantitative estimate of drug-likeness (QED) is 0.275. The van der Waals surface area contributed by atoms with Crippen LogP contribution in [-0.2, 0) is 19.4 Å². The molecule has 4 rings (SSSR count). The van der Waals surface area contributed by atoms with Gasteiger partial charge in [-0.1, -0.05) is 11.6 Å². The summed E-state index contributed by atoms with van der Waals surface area (Å²) in [6.45, 7) is 4.63. The van der Waals surface area contributed by atoms with Crippen molar-refractivity contribution in [3.63, 3.8) is 0 Å². The van der Waals surface area contributed by atoms with Crippen molar-refractivity contribution in [1.29, 1.82) is 0 Å². The van der Waals surface area contributed by atoms with Crippen molar-refractivity contribution in [2.75, 3.05) is 49.2 Å². The molecule has 0 bridgehead atoms. The first-order valence-corrected chi connectivity index (χ1v) is 14.7. The Kier molecular flexibility index (Phi) is 8.90. The summed E-state index contributed by atoms with van der Waals surface area (Å²) in [4.78, 5) is 34.4. The number of ether oxygens (including phenoxy) is 1. The highest BCUT2D eigenvalue weighted by Gasteiger charge is 2.25. The van der Waals surface area contributed by atoms with Gasteiger partial charge in [0.05, 0.1) is 43.0 Å². The third-order valence-corrected chi connectivity index (χ3v) is 9.67. The van der Waals surface area contributed by atoms with Crippen LogP contribution in [0, 0.1) is 0 Å². The molecule has 1 aliphatic heterocycles. The van der Waals surface area contributed by atoms with Gasteiger partial charge in [-0.05, 0) is 37.4 Å². The van der Waals surface area contributed by atoms with Gasteiger partial charge < -0.3 is 26.0 Å². The first-order chi connectivity index (χ1) is 18.6. The molecule has 12 nitrogen and oxygen atoms in total. The number of piperazine rings is 1. The fraction of sp³-hybridized carbons (Fsp3) is 0.333. The van der Waals surface area contributed by atoms with Gasteiger partial charge in [-0.25, -0.2) is 13.4 Å². The summed E-state index contributed by atoms with van der Waals surface area (Å²) in [5.74, 6) is 0.467. The molecule has 2 aromatic heterocycles. The normalized spacial score (nSPS) is 14.1. The van der Waals surface area contributed by atoms with Gasteiger partial charge in [0.15, 0.2) is 15.7 Å². The Bertz CT molecular complexity index is 1480. The fourth-order valence-electron chi connectivity index (χ4n) is 3.69. The standard InChI is InChI=1S/C24H28ClN7O5S2/c1-14(2)39(35,36)23-18(6-9-38-23)29-22-16(25)11-27-24(31-22)30-17-5-4-15(10-19(17)37-3)28-21(34)13-32-8-7-26-20(33)12-32/h4-6,9-11,14H,7-8,12-13H2,1-3H3,(H,26,33)(H,28,34)(H2,27,29,30,31). The molecule has 1 fully saturated rings. The SMILES string of the molecule is COc1cc(NC(=O)CN2CCNC(=O)C2)ccc1Nc1ncc(Cl)c(Nc2ccsc2S(=O)(=O)C(C)C)n1. The Morgan fingerprint density at radius 3 is 2.77 bits per heavy atom. The van der Waals surface area contributed by atoms with Crippen LogP contribution in [0.2, 0.25) is 5.02 Å². The van der Waals surface area contributed by atoms with Crippen molar-refractivity contribution in [3.8, 4) is 5.75 Å². The lowest BCUT2D eigenvalue weighted by atomic mass is 10.2. The van der Waals surface area contributed by atoms with Crippen LogP contribution in [0.1, 0.15) is 13.8 Å². The van der Waals surface area contributed by atoms with E-state index < -0.39 is 15.1 Å². The highest BCUT2D eigenvalue weighted by atomic mass is 35.5. The molecule has 208 valence electrons. The molecule has 2 amide bonds. The van der Waals surface area contributed by atoms with Crippen LogP contribution in [0.4, 0.5) is 28.8 Å². The number of benzene rings is 1. The summed E-state index contributed by atoms with van der Waals surface area (Å²) >= 11 is 7.42. The van der Waals surface area contributed by atoms with Crippen LogP contribution in [0.25, 0.3) is 0 Å². The Morgan fingerprint density at radius 2 is 2.05 bits per heavy atom. The van der Waals surface area contributed by atoms with Crippen molar-refractivity contribution >= 4 is 73.4 Å². The van der Waals surface area contributed by atoms with Gasteiger partial charge in [0.1, 0.15) is 15.0 Å². The Morgan fingerprint density at radius 1 is 1.26 bits per heavy atom. The Balaban J connectivity index is 1.47. The van der Waals surface area contributed by atoms with E-state index in [9.17, 15) is 18.0 Å². The first kappa shape index (κ1) is 28.5. The number of nitrogens with zero attached hydrogens (tertiary/aromatic N) is 3. The second-order valence-corrected chi connectivity index (χ2v) is 12.9. The van der Waals surface area contributed by atoms with Gasteiger partial charge in [0.25, 0.3) is 0 Å². The molecule has 0 aliphatic carbocycles. The summed E-state index contributed by atoms with van der Waals surface area (Å²) in [7, 11) is -2.01. The molecule has 0 atom stereocenters. The highest BCUT2D eigenvalue weighted by Crippen LogP contribution is 2.35. The van der Waals surface area contributed by atoms with E-state index >= 15 is 0 Å². The molecule has 4 N–H and O–H groups in total. The van der Waals surface area contributed by atoms with Crippen LogP contribution >= 0.6 is 22.9 Å². The highest BCUT2D eigenvalue weighted by molar-refractivity contribution is 7.94. The zero-order chi connectivity index (χ0) is 28.2. The number of methoxy groups -OCH3 is 1. The van der Waals surface area contributed by atoms with E-state index in [1.54, 1.807) is 48.4 Å². The lowest BCUT2D eigenvalue weighted by molar-refractivity contribution is -0.125. The van der Waals surface area contributed by atoms with Crippen LogP contribution in [0.15, 0.2) is 40.1 Å². The molecule has 3 heterocycles. The molecule has 0 saturated carbocycles. The molecular formula is C24H28ClN7O5S2. The molecule has 1 saturated heterocycles. The van der Waals surface area contributed by atoms with Crippen molar-refractivity contribution in [2.24, 2.45) is 0 Å². The van der Waals surface area contributed by atoms with E-state index in [0.29, 0.717) is 35.9 Å². The molecule has 0 radical (unpaired) electrons. The van der Waals surface area contributed by atoms with Gasteiger partial charge >= 0.3 is 0 Å². The molecule has 15 heteroatoms. The molecular weight excluding hydrogens is 566 g/mol. The summed E-state index contributed by atoms with van der Waals surface area (Å²) < 4.78 is 31.1. The summed E-state index contributed by atoms with van der Waals surface area (Å²) in [6, 6.07) is 6.68. The van der Waals surface area contributed by atoms with Crippen molar-refractivity contribution in [3.05, 3.63) is 40.9 Å². The van der Waals surface area contributed by atoms with Crippen LogP contribution in [-0.4, -0.2) is 73.6 Å². The minimum atomic E-state index is -3.50. The predicted molar refractivity (Wildman–Crippen MR) is 151 cm³/mol. The molecule has 0 spiro atoms. The zero-order valence-electron chi connectivity index (χ0n) is 21.4. The summed E-state index contributed by atoms with van der Waals surface area (Å²) in [6.07, 6.45) is 1.39. The van der Waals surface area contributed by atoms with Gasteiger partial charge in [-0.15, -0.1) is 11.3 Å². The first-order valence-electron chi connectivity index (χ1n) is 11.9. The molecule has 1 aromatic carbocycles. The van der Waals surface area contributed by atoms with Crippen molar-refractivity contribution in [2.45, 2.75) is 23.3 Å². The average molecular weight is 594 g/mol. The maximum Gasteiger partial charge on any atom is 0.238 e. The lowest BCUT2D eigenvalue weighted by Crippen LogP contribution is -2.49. The van der Waals surface area contributed by atoms with Crippen molar-refractivity contribution in [1.82, 2.24) is 20.2 Å². The maximum atomic E-state index is 12.7. The number of hydrogen-bond acceptors (Lipinski definition) is 11. The predicted octanol–water partition coefficient (Wildman–Crippen LogP) is 3.24. The Labute approximate surface area is 235 Å². The van der Waals surface area contributed by atoms with Crippen LogP contribution in [0.3, 0.4) is 0 Å². The number of thiophene rings is 1.